The summed E-state index contributed by atoms with van der Waals surface area (Å²) >= 11 is 0. The largest absolute Gasteiger partial charge is 0.311 e. The number of hydrogen-bond acceptors (Lipinski definition) is 3. The highest BCUT2D eigenvalue weighted by atomic mass is 16.2. The number of fused-ring (bicyclic) bond motifs is 1. The molecular formula is C25H20N4O. The third kappa shape index (κ3) is 3.20. The van der Waals surface area contributed by atoms with Gasteiger partial charge in [-0.1, -0.05) is 54.6 Å². The molecule has 4 aromatic rings. The molecule has 0 aliphatic carbocycles. The molecule has 0 saturated carbocycles. The minimum absolute atomic E-state index is 0.0223. The van der Waals surface area contributed by atoms with Gasteiger partial charge in [-0.05, 0) is 23.8 Å². The van der Waals surface area contributed by atoms with E-state index in [9.17, 15) is 4.79 Å². The van der Waals surface area contributed by atoms with E-state index < -0.39 is 0 Å². The zero-order valence-electron chi connectivity index (χ0n) is 16.6. The van der Waals surface area contributed by atoms with Crippen LogP contribution in [-0.2, 0) is 11.3 Å². The maximum atomic E-state index is 12.9. The number of para-hydroxylation sites is 1. The Balaban J connectivity index is 1.62. The van der Waals surface area contributed by atoms with Crippen LogP contribution in [0.15, 0.2) is 85.3 Å². The quantitative estimate of drug-likeness (QED) is 0.480. The normalized spacial score (nSPS) is 14.4. The van der Waals surface area contributed by atoms with Gasteiger partial charge in [0, 0.05) is 42.3 Å². The predicted molar refractivity (Wildman–Crippen MR) is 119 cm³/mol. The maximum Gasteiger partial charge on any atom is 0.258 e. The minimum Gasteiger partial charge on any atom is -0.311 e. The van der Waals surface area contributed by atoms with E-state index in [0.717, 1.165) is 28.1 Å². The van der Waals surface area contributed by atoms with Gasteiger partial charge in [-0.15, -0.1) is 0 Å². The number of rotatable bonds is 4. The molecule has 0 unspecified atom stereocenters. The average Bonchev–Trinajstić information content (AvgIpc) is 3.29. The summed E-state index contributed by atoms with van der Waals surface area (Å²) in [5.74, 6) is -0.0223. The summed E-state index contributed by atoms with van der Waals surface area (Å²) in [5.41, 5.74) is 6.34. The zero-order valence-corrected chi connectivity index (χ0v) is 16.6. The van der Waals surface area contributed by atoms with E-state index in [-0.39, 0.29) is 5.91 Å². The van der Waals surface area contributed by atoms with Crippen LogP contribution in [0.4, 0.5) is 5.69 Å². The molecule has 5 nitrogen and oxygen atoms in total. The molecule has 1 aliphatic rings. The van der Waals surface area contributed by atoms with E-state index in [1.807, 2.05) is 77.7 Å². The Bertz CT molecular complexity index is 1240. The van der Waals surface area contributed by atoms with Gasteiger partial charge in [0.15, 0.2) is 0 Å². The van der Waals surface area contributed by atoms with Crippen LogP contribution in [0.25, 0.3) is 22.8 Å². The number of pyridine rings is 1. The van der Waals surface area contributed by atoms with Gasteiger partial charge in [0.05, 0.1) is 23.5 Å². The molecule has 0 fully saturated rings. The van der Waals surface area contributed by atoms with Crippen molar-refractivity contribution in [1.82, 2.24) is 14.8 Å². The van der Waals surface area contributed by atoms with E-state index in [1.165, 1.54) is 5.56 Å². The molecular weight excluding hydrogens is 372 g/mol. The molecule has 0 atom stereocenters. The Morgan fingerprint density at radius 1 is 0.933 bits per heavy atom. The van der Waals surface area contributed by atoms with E-state index in [4.69, 9.17) is 5.10 Å². The molecule has 30 heavy (non-hydrogen) atoms. The molecule has 1 aliphatic heterocycles. The summed E-state index contributed by atoms with van der Waals surface area (Å²) < 4.78 is 1.92. The lowest BCUT2D eigenvalue weighted by Gasteiger charge is -2.07. The molecule has 3 heterocycles. The summed E-state index contributed by atoms with van der Waals surface area (Å²) in [7, 11) is 1.80. The molecule has 0 bridgehead atoms. The van der Waals surface area contributed by atoms with Crippen molar-refractivity contribution in [3.05, 3.63) is 102 Å². The summed E-state index contributed by atoms with van der Waals surface area (Å²) in [6, 6.07) is 22.0. The van der Waals surface area contributed by atoms with Crippen molar-refractivity contribution < 1.29 is 4.79 Å². The average molecular weight is 392 g/mol. The molecule has 0 N–H and O–H groups in total. The predicted octanol–water partition coefficient (Wildman–Crippen LogP) is 4.51. The van der Waals surface area contributed by atoms with Gasteiger partial charge in [-0.3, -0.25) is 14.5 Å². The number of carbonyl (C=O) groups excluding carboxylic acids is 1. The zero-order chi connectivity index (χ0) is 20.5. The highest BCUT2D eigenvalue weighted by Crippen LogP contribution is 2.37. The maximum absolute atomic E-state index is 12.9. The van der Waals surface area contributed by atoms with Gasteiger partial charge in [0.25, 0.3) is 5.91 Å². The monoisotopic (exact) mass is 392 g/mol. The molecule has 2 aromatic heterocycles. The van der Waals surface area contributed by atoms with Crippen LogP contribution in [-0.4, -0.2) is 27.7 Å². The highest BCUT2D eigenvalue weighted by Gasteiger charge is 2.29. The van der Waals surface area contributed by atoms with Crippen molar-refractivity contribution in [3.8, 4) is 11.1 Å². The number of hydrogen-bond donors (Lipinski definition) is 0. The van der Waals surface area contributed by atoms with Gasteiger partial charge in [-0.2, -0.15) is 5.10 Å². The van der Waals surface area contributed by atoms with Crippen molar-refractivity contribution in [2.24, 2.45) is 0 Å². The first-order valence-corrected chi connectivity index (χ1v) is 9.81. The third-order valence-electron chi connectivity index (χ3n) is 5.32. The lowest BCUT2D eigenvalue weighted by Crippen LogP contribution is -2.20. The molecule has 2 aromatic carbocycles. The molecule has 0 saturated heterocycles. The summed E-state index contributed by atoms with van der Waals surface area (Å²) in [4.78, 5) is 18.9. The van der Waals surface area contributed by atoms with Crippen LogP contribution < -0.4 is 4.90 Å². The summed E-state index contributed by atoms with van der Waals surface area (Å²) in [5, 5.41) is 4.82. The fourth-order valence-corrected chi connectivity index (χ4v) is 3.81. The molecule has 0 spiro atoms. The lowest BCUT2D eigenvalue weighted by molar-refractivity contribution is -0.112. The first-order valence-electron chi connectivity index (χ1n) is 9.81. The SMILES string of the molecule is CN1C(=O)/C(=C\c2nn(Cc3ccccc3)cc2-c2cccnc2)c2ccccc21. The number of likely N-dealkylation sites (N-methyl/N-ethyl adjacent to an activating group) is 1. The topological polar surface area (TPSA) is 51.0 Å². The molecule has 0 radical (unpaired) electrons. The second kappa shape index (κ2) is 7.44. The lowest BCUT2D eigenvalue weighted by atomic mass is 10.0. The van der Waals surface area contributed by atoms with Gasteiger partial charge < -0.3 is 4.90 Å². The molecule has 146 valence electrons. The van der Waals surface area contributed by atoms with Crippen molar-refractivity contribution in [3.63, 3.8) is 0 Å². The van der Waals surface area contributed by atoms with Gasteiger partial charge in [0.1, 0.15) is 0 Å². The van der Waals surface area contributed by atoms with Crippen LogP contribution in [0.5, 0.6) is 0 Å². The smallest absolute Gasteiger partial charge is 0.258 e. The second-order valence-corrected chi connectivity index (χ2v) is 7.29. The van der Waals surface area contributed by atoms with Gasteiger partial charge >= 0.3 is 0 Å². The van der Waals surface area contributed by atoms with Crippen molar-refractivity contribution >= 4 is 23.2 Å². The first kappa shape index (κ1) is 18.1. The van der Waals surface area contributed by atoms with E-state index in [2.05, 4.69) is 17.1 Å². The number of benzene rings is 2. The summed E-state index contributed by atoms with van der Waals surface area (Å²) in [6.45, 7) is 0.654. The Labute approximate surface area is 174 Å². The van der Waals surface area contributed by atoms with Crippen molar-refractivity contribution in [1.29, 1.82) is 0 Å². The third-order valence-corrected chi connectivity index (χ3v) is 5.32. The molecule has 5 rings (SSSR count). The number of carbonyl (C=O) groups is 1. The fourth-order valence-electron chi connectivity index (χ4n) is 3.81. The van der Waals surface area contributed by atoms with Gasteiger partial charge in [0.2, 0.25) is 0 Å². The van der Waals surface area contributed by atoms with Crippen molar-refractivity contribution in [2.75, 3.05) is 11.9 Å². The van der Waals surface area contributed by atoms with Crippen LogP contribution >= 0.6 is 0 Å². The van der Waals surface area contributed by atoms with E-state index in [0.29, 0.717) is 12.1 Å². The Kier molecular flexibility index (Phi) is 4.48. The van der Waals surface area contributed by atoms with Crippen LogP contribution in [0.1, 0.15) is 16.8 Å². The molecule has 5 heteroatoms. The van der Waals surface area contributed by atoms with Crippen molar-refractivity contribution in [2.45, 2.75) is 6.54 Å². The van der Waals surface area contributed by atoms with E-state index >= 15 is 0 Å². The van der Waals surface area contributed by atoms with E-state index in [1.54, 1.807) is 18.1 Å². The van der Waals surface area contributed by atoms with Gasteiger partial charge in [-0.25, -0.2) is 0 Å². The highest BCUT2D eigenvalue weighted by molar-refractivity contribution is 6.35. The number of amides is 1. The van der Waals surface area contributed by atoms with Crippen LogP contribution in [0.3, 0.4) is 0 Å². The number of aromatic nitrogens is 3. The Morgan fingerprint density at radius 3 is 2.53 bits per heavy atom. The second-order valence-electron chi connectivity index (χ2n) is 7.29. The molecule has 1 amide bonds. The standard InChI is InChI=1S/C25H20N4O/c1-28-24-12-6-5-11-20(24)21(25(28)30)14-23-22(19-10-7-13-26-15-19)17-29(27-23)16-18-8-3-2-4-9-18/h2-15,17H,16H2,1H3/b21-14-. The minimum atomic E-state index is -0.0223. The number of nitrogens with zero attached hydrogens (tertiary/aromatic N) is 4. The van der Waals surface area contributed by atoms with Crippen LogP contribution in [0.2, 0.25) is 0 Å². The fraction of sp³-hybridized carbons (Fsp3) is 0.0800. The Morgan fingerprint density at radius 2 is 1.73 bits per heavy atom. The first-order chi connectivity index (χ1) is 14.7. The summed E-state index contributed by atoms with van der Waals surface area (Å²) in [6.07, 6.45) is 7.49. The van der Waals surface area contributed by atoms with Crippen LogP contribution in [0, 0.1) is 0 Å². The Hall–Kier alpha value is -3.99. The number of anilines is 1.